The van der Waals surface area contributed by atoms with E-state index in [-0.39, 0.29) is 17.7 Å². The third kappa shape index (κ3) is 6.02. The van der Waals surface area contributed by atoms with Crippen molar-refractivity contribution in [2.75, 3.05) is 33.9 Å². The van der Waals surface area contributed by atoms with Crippen LogP contribution in [0.5, 0.6) is 5.75 Å². The minimum Gasteiger partial charge on any atom is -0.494 e. The molecule has 5 heteroatoms. The predicted octanol–water partition coefficient (Wildman–Crippen LogP) is 2.34. The van der Waals surface area contributed by atoms with Crippen LogP contribution >= 0.6 is 0 Å². The van der Waals surface area contributed by atoms with Gasteiger partial charge in [-0.05, 0) is 37.7 Å². The molecule has 0 bridgehead atoms. The van der Waals surface area contributed by atoms with Crippen molar-refractivity contribution in [1.82, 2.24) is 4.90 Å². The van der Waals surface area contributed by atoms with Crippen LogP contribution in [0.4, 0.5) is 4.39 Å². The minimum atomic E-state index is -0.270. The van der Waals surface area contributed by atoms with E-state index < -0.39 is 0 Å². The molecule has 0 heterocycles. The summed E-state index contributed by atoms with van der Waals surface area (Å²) in [5.74, 6) is 0.0632. The smallest absolute Gasteiger partial charge is 0.309 e. The number of carbonyl (C=O) groups excluding carboxylic acids is 1. The Hall–Kier alpha value is -1.62. The number of esters is 1. The van der Waals surface area contributed by atoms with Crippen molar-refractivity contribution < 1.29 is 18.7 Å². The molecule has 1 aromatic rings. The lowest BCUT2D eigenvalue weighted by Gasteiger charge is -2.19. The summed E-state index contributed by atoms with van der Waals surface area (Å²) in [5.41, 5.74) is 0. The summed E-state index contributed by atoms with van der Waals surface area (Å²) in [6, 6.07) is 5.97. The van der Waals surface area contributed by atoms with Crippen LogP contribution in [0.3, 0.4) is 0 Å². The number of hydrogen-bond donors (Lipinski definition) is 0. The van der Waals surface area contributed by atoms with Gasteiger partial charge < -0.3 is 14.4 Å². The molecule has 112 valence electrons. The predicted molar refractivity (Wildman–Crippen MR) is 75.2 cm³/mol. The molecular weight excluding hydrogens is 261 g/mol. The van der Waals surface area contributed by atoms with E-state index in [9.17, 15) is 9.18 Å². The highest BCUT2D eigenvalue weighted by Crippen LogP contribution is 2.11. The third-order valence-electron chi connectivity index (χ3n) is 2.96. The first-order valence-corrected chi connectivity index (χ1v) is 6.67. The van der Waals surface area contributed by atoms with Crippen molar-refractivity contribution in [3.8, 4) is 5.75 Å². The quantitative estimate of drug-likeness (QED) is 0.542. The molecule has 1 rings (SSSR count). The van der Waals surface area contributed by atoms with Gasteiger partial charge in [0.1, 0.15) is 11.6 Å². The van der Waals surface area contributed by atoms with Gasteiger partial charge in [-0.15, -0.1) is 0 Å². The zero-order chi connectivity index (χ0) is 15.0. The highest BCUT2D eigenvalue weighted by molar-refractivity contribution is 5.71. The highest BCUT2D eigenvalue weighted by atomic mass is 19.1. The van der Waals surface area contributed by atoms with Crippen LogP contribution in [0.15, 0.2) is 24.3 Å². The standard InChI is InChI=1S/C15H22FNO3/c1-12(15(18)19-3)11-17(2)9-4-10-20-14-7-5-13(16)6-8-14/h5-8,12H,4,9-11H2,1-3H3. The van der Waals surface area contributed by atoms with E-state index in [2.05, 4.69) is 9.64 Å². The molecule has 0 N–H and O–H groups in total. The summed E-state index contributed by atoms with van der Waals surface area (Å²) in [6.07, 6.45) is 0.835. The van der Waals surface area contributed by atoms with Crippen molar-refractivity contribution in [2.24, 2.45) is 5.92 Å². The highest BCUT2D eigenvalue weighted by Gasteiger charge is 2.14. The average molecular weight is 283 g/mol. The number of methoxy groups -OCH3 is 1. The molecule has 0 saturated heterocycles. The summed E-state index contributed by atoms with van der Waals surface area (Å²) < 4.78 is 22.9. The van der Waals surface area contributed by atoms with Gasteiger partial charge in [-0.25, -0.2) is 4.39 Å². The molecule has 0 radical (unpaired) electrons. The molecule has 1 atom stereocenters. The Morgan fingerprint density at radius 2 is 2.00 bits per heavy atom. The van der Waals surface area contributed by atoms with E-state index in [1.54, 1.807) is 12.1 Å². The van der Waals surface area contributed by atoms with Crippen LogP contribution in [0.25, 0.3) is 0 Å². The van der Waals surface area contributed by atoms with E-state index in [0.29, 0.717) is 18.9 Å². The summed E-state index contributed by atoms with van der Waals surface area (Å²) in [6.45, 7) is 3.88. The van der Waals surface area contributed by atoms with E-state index in [4.69, 9.17) is 4.74 Å². The fraction of sp³-hybridized carbons (Fsp3) is 0.533. The van der Waals surface area contributed by atoms with Crippen LogP contribution in [0, 0.1) is 11.7 Å². The summed E-state index contributed by atoms with van der Waals surface area (Å²) >= 11 is 0. The number of nitrogens with zero attached hydrogens (tertiary/aromatic N) is 1. The maximum absolute atomic E-state index is 12.7. The average Bonchev–Trinajstić information content (AvgIpc) is 2.44. The first-order chi connectivity index (χ1) is 9.52. The lowest BCUT2D eigenvalue weighted by Crippen LogP contribution is -2.30. The molecule has 0 fully saturated rings. The number of benzene rings is 1. The molecule has 1 aromatic carbocycles. The summed E-state index contributed by atoms with van der Waals surface area (Å²) in [4.78, 5) is 13.4. The van der Waals surface area contributed by atoms with Gasteiger partial charge in [0.05, 0.1) is 19.6 Å². The zero-order valence-corrected chi connectivity index (χ0v) is 12.3. The van der Waals surface area contributed by atoms with Gasteiger partial charge in [0.2, 0.25) is 0 Å². The molecule has 20 heavy (non-hydrogen) atoms. The van der Waals surface area contributed by atoms with E-state index in [1.807, 2.05) is 14.0 Å². The number of rotatable bonds is 8. The second-order valence-electron chi connectivity index (χ2n) is 4.84. The zero-order valence-electron chi connectivity index (χ0n) is 12.3. The van der Waals surface area contributed by atoms with E-state index >= 15 is 0 Å². The maximum Gasteiger partial charge on any atom is 0.309 e. The molecular formula is C15H22FNO3. The molecule has 0 aromatic heterocycles. The topological polar surface area (TPSA) is 38.8 Å². The molecule has 0 saturated carbocycles. The molecule has 1 unspecified atom stereocenters. The second-order valence-corrected chi connectivity index (χ2v) is 4.84. The van der Waals surface area contributed by atoms with Gasteiger partial charge in [-0.1, -0.05) is 6.92 Å². The number of halogens is 1. The molecule has 0 aliphatic rings. The number of ether oxygens (including phenoxy) is 2. The fourth-order valence-electron chi connectivity index (χ4n) is 1.89. The Labute approximate surface area is 119 Å². The van der Waals surface area contributed by atoms with Crippen molar-refractivity contribution >= 4 is 5.97 Å². The molecule has 0 amide bonds. The van der Waals surface area contributed by atoms with Gasteiger partial charge in [0.15, 0.2) is 0 Å². The van der Waals surface area contributed by atoms with Crippen LogP contribution in [0.1, 0.15) is 13.3 Å². The Bertz CT molecular complexity index is 408. The van der Waals surface area contributed by atoms with Crippen molar-refractivity contribution in [2.45, 2.75) is 13.3 Å². The fourth-order valence-corrected chi connectivity index (χ4v) is 1.89. The van der Waals surface area contributed by atoms with Gasteiger partial charge in [-0.2, -0.15) is 0 Å². The first kappa shape index (κ1) is 16.4. The van der Waals surface area contributed by atoms with Gasteiger partial charge in [-0.3, -0.25) is 4.79 Å². The van der Waals surface area contributed by atoms with Gasteiger partial charge in [0, 0.05) is 13.1 Å². The molecule has 4 nitrogen and oxygen atoms in total. The first-order valence-electron chi connectivity index (χ1n) is 6.67. The van der Waals surface area contributed by atoms with Crippen LogP contribution in [-0.4, -0.2) is 44.7 Å². The SMILES string of the molecule is COC(=O)C(C)CN(C)CCCOc1ccc(F)cc1. The Balaban J connectivity index is 2.17. The van der Waals surface area contributed by atoms with Gasteiger partial charge >= 0.3 is 5.97 Å². The molecule has 0 aliphatic carbocycles. The van der Waals surface area contributed by atoms with E-state index in [1.165, 1.54) is 19.2 Å². The Morgan fingerprint density at radius 3 is 2.60 bits per heavy atom. The van der Waals surface area contributed by atoms with Crippen molar-refractivity contribution in [3.63, 3.8) is 0 Å². The summed E-state index contributed by atoms with van der Waals surface area (Å²) in [7, 11) is 3.35. The van der Waals surface area contributed by atoms with E-state index in [0.717, 1.165) is 13.0 Å². The number of carbonyl (C=O) groups is 1. The largest absolute Gasteiger partial charge is 0.494 e. The van der Waals surface area contributed by atoms with Gasteiger partial charge in [0.25, 0.3) is 0 Å². The third-order valence-corrected chi connectivity index (χ3v) is 2.96. The van der Waals surface area contributed by atoms with Crippen LogP contribution in [0.2, 0.25) is 0 Å². The lowest BCUT2D eigenvalue weighted by atomic mass is 10.2. The normalized spacial score (nSPS) is 12.2. The lowest BCUT2D eigenvalue weighted by molar-refractivity contribution is -0.145. The maximum atomic E-state index is 12.7. The molecule has 0 aliphatic heterocycles. The second kappa shape index (κ2) is 8.53. The summed E-state index contributed by atoms with van der Waals surface area (Å²) in [5, 5.41) is 0. The molecule has 0 spiro atoms. The minimum absolute atomic E-state index is 0.136. The van der Waals surface area contributed by atoms with Crippen LogP contribution in [-0.2, 0) is 9.53 Å². The van der Waals surface area contributed by atoms with Crippen molar-refractivity contribution in [3.05, 3.63) is 30.1 Å². The monoisotopic (exact) mass is 283 g/mol. The number of hydrogen-bond acceptors (Lipinski definition) is 4. The Kier molecular flexibility index (Phi) is 7.01. The Morgan fingerprint density at radius 1 is 1.35 bits per heavy atom. The van der Waals surface area contributed by atoms with Crippen LogP contribution < -0.4 is 4.74 Å². The van der Waals surface area contributed by atoms with Crippen molar-refractivity contribution in [1.29, 1.82) is 0 Å².